The van der Waals surface area contributed by atoms with Crippen molar-refractivity contribution in [2.75, 3.05) is 6.54 Å². The van der Waals surface area contributed by atoms with Gasteiger partial charge in [0.05, 0.1) is 5.56 Å². The predicted molar refractivity (Wildman–Crippen MR) is 62.6 cm³/mol. The molecule has 0 heterocycles. The molecule has 1 aromatic rings. The zero-order valence-corrected chi connectivity index (χ0v) is 9.77. The molecule has 0 bridgehead atoms. The Morgan fingerprint density at radius 2 is 2.06 bits per heavy atom. The number of nitrogens with one attached hydrogen (secondary N) is 1. The van der Waals surface area contributed by atoms with E-state index in [0.717, 1.165) is 24.6 Å². The molecule has 0 aliphatic carbocycles. The fourth-order valence-electron chi connectivity index (χ4n) is 1.39. The third-order valence-corrected chi connectivity index (χ3v) is 2.31. The Morgan fingerprint density at radius 1 is 1.35 bits per heavy atom. The molecule has 1 rings (SSSR count). The monoisotopic (exact) mass is 243 g/mol. The molecule has 0 spiro atoms. The molecule has 0 aliphatic heterocycles. The molecule has 94 valence electrons. The van der Waals surface area contributed by atoms with Crippen molar-refractivity contribution in [2.24, 2.45) is 0 Å². The molecule has 0 atom stereocenters. The van der Waals surface area contributed by atoms with Gasteiger partial charge in [-0.2, -0.15) is 13.2 Å². The first-order valence-corrected chi connectivity index (χ1v) is 5.41. The van der Waals surface area contributed by atoms with E-state index in [1.165, 1.54) is 12.1 Å². The first kappa shape index (κ1) is 13.8. The molecule has 0 aromatic heterocycles. The van der Waals surface area contributed by atoms with Gasteiger partial charge in [0.2, 0.25) is 0 Å². The molecule has 0 aliphatic rings. The molecule has 17 heavy (non-hydrogen) atoms. The molecule has 1 nitrogen and oxygen atoms in total. The lowest BCUT2D eigenvalue weighted by molar-refractivity contribution is -0.137. The summed E-state index contributed by atoms with van der Waals surface area (Å²) in [5.74, 6) is 0. The summed E-state index contributed by atoms with van der Waals surface area (Å²) < 4.78 is 37.3. The van der Waals surface area contributed by atoms with Crippen LogP contribution in [0.3, 0.4) is 0 Å². The summed E-state index contributed by atoms with van der Waals surface area (Å²) in [7, 11) is 0. The van der Waals surface area contributed by atoms with E-state index in [0.29, 0.717) is 12.1 Å². The fraction of sp³-hybridized carbons (Fsp3) is 0.385. The highest BCUT2D eigenvalue weighted by Crippen LogP contribution is 2.29. The van der Waals surface area contributed by atoms with Gasteiger partial charge in [0.1, 0.15) is 0 Å². The van der Waals surface area contributed by atoms with Gasteiger partial charge in [-0.3, -0.25) is 0 Å². The lowest BCUT2D eigenvalue weighted by Gasteiger charge is -2.09. The molecule has 0 radical (unpaired) electrons. The van der Waals surface area contributed by atoms with Crippen LogP contribution in [0.1, 0.15) is 24.5 Å². The van der Waals surface area contributed by atoms with Crippen molar-refractivity contribution < 1.29 is 13.2 Å². The molecule has 0 fully saturated rings. The molecule has 0 amide bonds. The standard InChI is InChI=1S/C13H16F3N/c1-10(2)6-7-17-9-11-4-3-5-12(8-11)13(14,15)16/h3-5,8,17H,1,6-7,9H2,2H3. The van der Waals surface area contributed by atoms with E-state index < -0.39 is 11.7 Å². The molecular weight excluding hydrogens is 227 g/mol. The van der Waals surface area contributed by atoms with Gasteiger partial charge in [-0.1, -0.05) is 23.8 Å². The molecule has 4 heteroatoms. The van der Waals surface area contributed by atoms with Crippen LogP contribution in [-0.4, -0.2) is 6.54 Å². The van der Waals surface area contributed by atoms with Crippen molar-refractivity contribution in [3.8, 4) is 0 Å². The average Bonchev–Trinajstić information content (AvgIpc) is 2.23. The topological polar surface area (TPSA) is 12.0 Å². The lowest BCUT2D eigenvalue weighted by atomic mass is 10.1. The van der Waals surface area contributed by atoms with Crippen molar-refractivity contribution in [3.63, 3.8) is 0 Å². The van der Waals surface area contributed by atoms with Crippen molar-refractivity contribution >= 4 is 0 Å². The van der Waals surface area contributed by atoms with E-state index >= 15 is 0 Å². The SMILES string of the molecule is C=C(C)CCNCc1cccc(C(F)(F)F)c1. The summed E-state index contributed by atoms with van der Waals surface area (Å²) in [5.41, 5.74) is 1.10. The summed E-state index contributed by atoms with van der Waals surface area (Å²) in [6.07, 6.45) is -3.44. The summed E-state index contributed by atoms with van der Waals surface area (Å²) in [6.45, 7) is 6.85. The second kappa shape index (κ2) is 5.87. The average molecular weight is 243 g/mol. The predicted octanol–water partition coefficient (Wildman–Crippen LogP) is 3.76. The number of halogens is 3. The highest BCUT2D eigenvalue weighted by Gasteiger charge is 2.30. The highest BCUT2D eigenvalue weighted by atomic mass is 19.4. The maximum absolute atomic E-state index is 12.4. The van der Waals surface area contributed by atoms with Gasteiger partial charge in [-0.15, -0.1) is 6.58 Å². The van der Waals surface area contributed by atoms with Crippen molar-refractivity contribution in [1.82, 2.24) is 5.32 Å². The lowest BCUT2D eigenvalue weighted by Crippen LogP contribution is -2.15. The summed E-state index contributed by atoms with van der Waals surface area (Å²) >= 11 is 0. The van der Waals surface area contributed by atoms with Gasteiger partial charge in [0.25, 0.3) is 0 Å². The van der Waals surface area contributed by atoms with Crippen molar-refractivity contribution in [2.45, 2.75) is 26.1 Å². The smallest absolute Gasteiger partial charge is 0.312 e. The van der Waals surface area contributed by atoms with Crippen LogP contribution >= 0.6 is 0 Å². The molecule has 1 N–H and O–H groups in total. The molecule has 1 aromatic carbocycles. The molecule has 0 unspecified atom stereocenters. The summed E-state index contributed by atoms with van der Waals surface area (Å²) in [5, 5.41) is 3.08. The molecule has 0 saturated heterocycles. The number of rotatable bonds is 5. The normalized spacial score (nSPS) is 11.5. The van der Waals surface area contributed by atoms with E-state index in [1.807, 2.05) is 6.92 Å². The van der Waals surface area contributed by atoms with Crippen LogP contribution in [0.15, 0.2) is 36.4 Å². The largest absolute Gasteiger partial charge is 0.416 e. The van der Waals surface area contributed by atoms with E-state index in [9.17, 15) is 13.2 Å². The number of hydrogen-bond acceptors (Lipinski definition) is 1. The molecular formula is C13H16F3N. The maximum Gasteiger partial charge on any atom is 0.416 e. The van der Waals surface area contributed by atoms with E-state index in [2.05, 4.69) is 11.9 Å². The first-order chi connectivity index (χ1) is 7.89. The van der Waals surface area contributed by atoms with Crippen LogP contribution in [-0.2, 0) is 12.7 Å². The van der Waals surface area contributed by atoms with Crippen LogP contribution in [0, 0.1) is 0 Å². The third kappa shape index (κ3) is 5.04. The van der Waals surface area contributed by atoms with Crippen LogP contribution in [0.4, 0.5) is 13.2 Å². The van der Waals surface area contributed by atoms with E-state index in [4.69, 9.17) is 0 Å². The Hall–Kier alpha value is -1.29. The summed E-state index contributed by atoms with van der Waals surface area (Å²) in [4.78, 5) is 0. The maximum atomic E-state index is 12.4. The van der Waals surface area contributed by atoms with Crippen molar-refractivity contribution in [1.29, 1.82) is 0 Å². The second-order valence-electron chi connectivity index (χ2n) is 4.08. The number of alkyl halides is 3. The fourth-order valence-corrected chi connectivity index (χ4v) is 1.39. The van der Waals surface area contributed by atoms with Gasteiger partial charge in [0.15, 0.2) is 0 Å². The zero-order valence-electron chi connectivity index (χ0n) is 9.77. The minimum absolute atomic E-state index is 0.442. The van der Waals surface area contributed by atoms with Crippen LogP contribution < -0.4 is 5.32 Å². The van der Waals surface area contributed by atoms with E-state index in [1.54, 1.807) is 6.07 Å². The molecule has 0 saturated carbocycles. The number of hydrogen-bond donors (Lipinski definition) is 1. The van der Waals surface area contributed by atoms with Gasteiger partial charge < -0.3 is 5.32 Å². The minimum atomic E-state index is -4.27. The van der Waals surface area contributed by atoms with Gasteiger partial charge >= 0.3 is 6.18 Å². The Bertz CT molecular complexity index is 382. The van der Waals surface area contributed by atoms with Crippen LogP contribution in [0.2, 0.25) is 0 Å². The quantitative estimate of drug-likeness (QED) is 0.613. The number of benzene rings is 1. The summed E-state index contributed by atoms with van der Waals surface area (Å²) in [6, 6.07) is 5.37. The Morgan fingerprint density at radius 3 is 2.65 bits per heavy atom. The second-order valence-corrected chi connectivity index (χ2v) is 4.08. The van der Waals surface area contributed by atoms with Gasteiger partial charge in [-0.05, 0) is 31.5 Å². The van der Waals surface area contributed by atoms with Crippen LogP contribution in [0.5, 0.6) is 0 Å². The van der Waals surface area contributed by atoms with Gasteiger partial charge in [0, 0.05) is 6.54 Å². The first-order valence-electron chi connectivity index (χ1n) is 5.41. The van der Waals surface area contributed by atoms with Gasteiger partial charge in [-0.25, -0.2) is 0 Å². The Labute approximate surface area is 99.3 Å². The minimum Gasteiger partial charge on any atom is -0.312 e. The van der Waals surface area contributed by atoms with E-state index in [-0.39, 0.29) is 0 Å². The Balaban J connectivity index is 2.52. The third-order valence-electron chi connectivity index (χ3n) is 2.31. The zero-order chi connectivity index (χ0) is 12.9. The van der Waals surface area contributed by atoms with Crippen molar-refractivity contribution in [3.05, 3.63) is 47.5 Å². The van der Waals surface area contributed by atoms with Crippen LogP contribution in [0.25, 0.3) is 0 Å². The highest BCUT2D eigenvalue weighted by molar-refractivity contribution is 5.25. The Kier molecular flexibility index (Phi) is 4.75.